The summed E-state index contributed by atoms with van der Waals surface area (Å²) in [6, 6.07) is 9.27. The minimum Gasteiger partial charge on any atom is -0.493 e. The Morgan fingerprint density at radius 2 is 2.04 bits per heavy atom. The van der Waals surface area contributed by atoms with Crippen LogP contribution < -0.4 is 39.3 Å². The zero-order valence-corrected chi connectivity index (χ0v) is 17.8. The van der Waals surface area contributed by atoms with E-state index in [1.54, 1.807) is 12.3 Å². The zero-order valence-electron chi connectivity index (χ0n) is 15.0. The van der Waals surface area contributed by atoms with Crippen molar-refractivity contribution >= 4 is 21.8 Å². The molecule has 0 fully saturated rings. The van der Waals surface area contributed by atoms with E-state index in [-0.39, 0.29) is 41.9 Å². The molecule has 2 aromatic heterocycles. The van der Waals surface area contributed by atoms with Gasteiger partial charge >= 0.3 is 29.6 Å². The van der Waals surface area contributed by atoms with Crippen LogP contribution in [0.5, 0.6) is 5.75 Å². The molecule has 1 N–H and O–H groups in total. The molecule has 1 aromatic carbocycles. The van der Waals surface area contributed by atoms with E-state index in [1.165, 1.54) is 0 Å². The predicted molar refractivity (Wildman–Crippen MR) is 96.0 cm³/mol. The number of nitrogens with zero attached hydrogens (tertiary/aromatic N) is 3. The van der Waals surface area contributed by atoms with E-state index in [2.05, 4.69) is 15.0 Å². The Bertz CT molecular complexity index is 852. The standard InChI is InChI=1S/C18H20N3O3S.Na/c1-13-16(19-9-8-17(13)24-11-5-4-10-22)12-25(23)18-20-14-6-2-3-7-15(14)21-18;/h2-3,6-9,22H,4-5,10-12H2,1H3;/q-1;+1. The summed E-state index contributed by atoms with van der Waals surface area (Å²) in [6.07, 6.45) is 3.15. The third-order valence-electron chi connectivity index (χ3n) is 3.85. The van der Waals surface area contributed by atoms with Crippen LogP contribution in [0.2, 0.25) is 0 Å². The molecule has 132 valence electrons. The quantitative estimate of drug-likeness (QED) is 0.413. The molecule has 0 aliphatic rings. The Balaban J connectivity index is 0.00000243. The van der Waals surface area contributed by atoms with Crippen molar-refractivity contribution in [2.75, 3.05) is 13.2 Å². The monoisotopic (exact) mass is 381 g/mol. The first kappa shape index (κ1) is 21.1. The van der Waals surface area contributed by atoms with Gasteiger partial charge in [0.1, 0.15) is 5.75 Å². The number of rotatable bonds is 8. The molecule has 0 saturated heterocycles. The molecule has 1 unspecified atom stereocenters. The average molecular weight is 381 g/mol. The smallest absolute Gasteiger partial charge is 0.493 e. The Labute approximate surface area is 177 Å². The van der Waals surface area contributed by atoms with Crippen LogP contribution in [-0.2, 0) is 16.6 Å². The molecule has 3 rings (SSSR count). The van der Waals surface area contributed by atoms with Crippen LogP contribution in [0.4, 0.5) is 0 Å². The van der Waals surface area contributed by atoms with Crippen LogP contribution in [0.25, 0.3) is 11.0 Å². The molecule has 0 radical (unpaired) electrons. The normalized spacial score (nSPS) is 11.9. The molecular weight excluding hydrogens is 361 g/mol. The summed E-state index contributed by atoms with van der Waals surface area (Å²) in [5.41, 5.74) is 3.08. The Hall–Kier alpha value is -1.25. The van der Waals surface area contributed by atoms with Crippen molar-refractivity contribution in [2.24, 2.45) is 0 Å². The SMILES string of the molecule is Cc1c(OCCCCO)ccnc1CS(=O)c1nc2ccccc2[n-]1.[Na+]. The number of unbranched alkanes of at least 4 members (excludes halogenated alkanes) is 1. The van der Waals surface area contributed by atoms with Gasteiger partial charge < -0.3 is 19.8 Å². The number of hydrogen-bond acceptors (Lipinski definition) is 5. The summed E-state index contributed by atoms with van der Waals surface area (Å²) in [5.74, 6) is 0.976. The molecule has 0 amide bonds. The summed E-state index contributed by atoms with van der Waals surface area (Å²) in [5, 5.41) is 9.14. The first-order chi connectivity index (χ1) is 12.2. The van der Waals surface area contributed by atoms with Crippen molar-refractivity contribution in [3.8, 4) is 5.75 Å². The van der Waals surface area contributed by atoms with Gasteiger partial charge in [-0.15, -0.1) is 0 Å². The van der Waals surface area contributed by atoms with Crippen LogP contribution in [0.15, 0.2) is 41.7 Å². The van der Waals surface area contributed by atoms with Crippen LogP contribution >= 0.6 is 0 Å². The number of benzene rings is 1. The Morgan fingerprint density at radius 3 is 2.81 bits per heavy atom. The molecule has 0 aliphatic carbocycles. The van der Waals surface area contributed by atoms with Crippen molar-refractivity contribution in [3.05, 3.63) is 47.8 Å². The number of aliphatic hydroxyl groups is 1. The first-order valence-corrected chi connectivity index (χ1v) is 9.47. The number of aromatic nitrogens is 3. The second kappa shape index (κ2) is 10.2. The number of fused-ring (bicyclic) bond motifs is 1. The zero-order chi connectivity index (χ0) is 17.6. The number of ether oxygens (including phenoxy) is 1. The topological polar surface area (TPSA) is 86.4 Å². The fraction of sp³-hybridized carbons (Fsp3) is 0.333. The summed E-state index contributed by atoms with van der Waals surface area (Å²) >= 11 is 0. The summed E-state index contributed by atoms with van der Waals surface area (Å²) < 4.78 is 18.4. The minimum atomic E-state index is -1.37. The van der Waals surface area contributed by atoms with Gasteiger partial charge in [0.05, 0.1) is 28.9 Å². The van der Waals surface area contributed by atoms with Gasteiger partial charge in [-0.2, -0.15) is 0 Å². The van der Waals surface area contributed by atoms with Crippen LogP contribution in [0.1, 0.15) is 24.1 Å². The maximum absolute atomic E-state index is 12.6. The van der Waals surface area contributed by atoms with E-state index < -0.39 is 10.8 Å². The largest absolute Gasteiger partial charge is 1.00 e. The van der Waals surface area contributed by atoms with Crippen LogP contribution in [0.3, 0.4) is 0 Å². The van der Waals surface area contributed by atoms with E-state index in [1.807, 2.05) is 31.2 Å². The number of imidazole rings is 1. The van der Waals surface area contributed by atoms with Gasteiger partial charge in [-0.25, -0.2) is 0 Å². The number of pyridine rings is 1. The molecule has 0 saturated carbocycles. The molecule has 0 bridgehead atoms. The molecule has 6 nitrogen and oxygen atoms in total. The number of hydrogen-bond donors (Lipinski definition) is 1. The van der Waals surface area contributed by atoms with Gasteiger partial charge in [-0.3, -0.25) is 9.19 Å². The maximum Gasteiger partial charge on any atom is 1.00 e. The molecule has 0 spiro atoms. The van der Waals surface area contributed by atoms with Crippen molar-refractivity contribution < 1.29 is 43.6 Å². The van der Waals surface area contributed by atoms with Crippen LogP contribution in [0, 0.1) is 6.92 Å². The molecule has 26 heavy (non-hydrogen) atoms. The second-order valence-electron chi connectivity index (χ2n) is 5.64. The molecule has 0 aliphatic heterocycles. The van der Waals surface area contributed by atoms with E-state index >= 15 is 0 Å². The molecule has 3 aromatic rings. The van der Waals surface area contributed by atoms with Gasteiger partial charge in [-0.1, -0.05) is 24.3 Å². The Morgan fingerprint density at radius 1 is 1.23 bits per heavy atom. The van der Waals surface area contributed by atoms with Crippen molar-refractivity contribution in [1.82, 2.24) is 15.0 Å². The molecule has 8 heteroatoms. The summed E-state index contributed by atoms with van der Waals surface area (Å²) in [7, 11) is -1.37. The minimum absolute atomic E-state index is 0. The van der Waals surface area contributed by atoms with E-state index in [0.717, 1.165) is 28.8 Å². The van der Waals surface area contributed by atoms with E-state index in [0.29, 0.717) is 23.9 Å². The van der Waals surface area contributed by atoms with Crippen LogP contribution in [-0.4, -0.2) is 32.5 Å². The molecule has 2 heterocycles. The predicted octanol–water partition coefficient (Wildman–Crippen LogP) is -0.641. The van der Waals surface area contributed by atoms with Gasteiger partial charge in [0.2, 0.25) is 0 Å². The third-order valence-corrected chi connectivity index (χ3v) is 4.98. The number of aliphatic hydroxyl groups excluding tert-OH is 1. The van der Waals surface area contributed by atoms with Gasteiger partial charge in [0.25, 0.3) is 0 Å². The fourth-order valence-corrected chi connectivity index (χ4v) is 3.50. The van der Waals surface area contributed by atoms with Gasteiger partial charge in [0, 0.05) is 23.5 Å². The Kier molecular flexibility index (Phi) is 8.24. The maximum atomic E-state index is 12.6. The fourth-order valence-electron chi connectivity index (χ4n) is 2.43. The van der Waals surface area contributed by atoms with E-state index in [9.17, 15) is 4.21 Å². The van der Waals surface area contributed by atoms with E-state index in [4.69, 9.17) is 9.84 Å². The van der Waals surface area contributed by atoms with Crippen molar-refractivity contribution in [2.45, 2.75) is 30.7 Å². The second-order valence-corrected chi connectivity index (χ2v) is 6.99. The van der Waals surface area contributed by atoms with Crippen molar-refractivity contribution in [1.29, 1.82) is 0 Å². The van der Waals surface area contributed by atoms with Gasteiger partial charge in [-0.05, 0) is 36.9 Å². The van der Waals surface area contributed by atoms with Gasteiger partial charge in [0.15, 0.2) is 0 Å². The average Bonchev–Trinajstić information content (AvgIpc) is 3.06. The van der Waals surface area contributed by atoms with Crippen molar-refractivity contribution in [3.63, 3.8) is 0 Å². The molecular formula is C18H20N3NaO3S. The summed E-state index contributed by atoms with van der Waals surface area (Å²) in [6.45, 7) is 2.60. The molecule has 1 atom stereocenters. The summed E-state index contributed by atoms with van der Waals surface area (Å²) in [4.78, 5) is 13.0. The number of para-hydroxylation sites is 2. The first-order valence-electron chi connectivity index (χ1n) is 8.15. The third kappa shape index (κ3) is 5.14.